The first kappa shape index (κ1) is 33.4. The highest BCUT2D eigenvalue weighted by molar-refractivity contribution is 5.84. The highest BCUT2D eigenvalue weighted by Crippen LogP contribution is 2.31. The molecule has 2 aliphatic rings. The molecule has 42 heavy (non-hydrogen) atoms. The summed E-state index contributed by atoms with van der Waals surface area (Å²) < 4.78 is 11.0. The van der Waals surface area contributed by atoms with Crippen molar-refractivity contribution in [2.75, 3.05) is 26.2 Å². The van der Waals surface area contributed by atoms with Crippen molar-refractivity contribution in [1.82, 2.24) is 9.80 Å². The predicted octanol–water partition coefficient (Wildman–Crippen LogP) is 5.83. The van der Waals surface area contributed by atoms with Gasteiger partial charge in [0.05, 0.1) is 6.42 Å². The van der Waals surface area contributed by atoms with Crippen molar-refractivity contribution in [2.24, 2.45) is 11.8 Å². The second-order valence-corrected chi connectivity index (χ2v) is 13.9. The van der Waals surface area contributed by atoms with Gasteiger partial charge in [0.25, 0.3) is 0 Å². The Kier molecular flexibility index (Phi) is 11.4. The van der Waals surface area contributed by atoms with Crippen LogP contribution in [0.1, 0.15) is 104 Å². The maximum absolute atomic E-state index is 13.5. The Hall–Kier alpha value is -3.10. The fourth-order valence-electron chi connectivity index (χ4n) is 5.73. The number of carbonyl (C=O) groups is 4. The maximum Gasteiger partial charge on any atom is 0.410 e. The summed E-state index contributed by atoms with van der Waals surface area (Å²) in [5.74, 6) is -0.381. The molecule has 0 radical (unpaired) electrons. The van der Waals surface area contributed by atoms with Crippen molar-refractivity contribution in [3.8, 4) is 5.75 Å². The van der Waals surface area contributed by atoms with Crippen LogP contribution in [0.3, 0.4) is 0 Å². The topological polar surface area (TPSA) is 113 Å². The van der Waals surface area contributed by atoms with Gasteiger partial charge >= 0.3 is 12.1 Å². The molecule has 2 atom stereocenters. The number of nitrogens with zero attached hydrogens (tertiary/aromatic N) is 2. The van der Waals surface area contributed by atoms with Gasteiger partial charge in [-0.3, -0.25) is 14.4 Å². The number of Topliss-reactive ketones (excluding diaryl/α,β-unsaturated/α-hetero) is 1. The van der Waals surface area contributed by atoms with E-state index in [1.165, 1.54) is 0 Å². The first-order chi connectivity index (χ1) is 19.6. The molecule has 3 rings (SSSR count). The lowest BCUT2D eigenvalue weighted by Crippen LogP contribution is -2.43. The van der Waals surface area contributed by atoms with Gasteiger partial charge in [-0.25, -0.2) is 4.79 Å². The molecule has 2 aliphatic heterocycles. The Balaban J connectivity index is 1.51. The van der Waals surface area contributed by atoms with Crippen LogP contribution < -0.4 is 0 Å². The van der Waals surface area contributed by atoms with E-state index in [1.807, 2.05) is 46.4 Å². The van der Waals surface area contributed by atoms with E-state index < -0.39 is 11.2 Å². The van der Waals surface area contributed by atoms with Crippen LogP contribution in [0, 0.1) is 11.8 Å². The summed E-state index contributed by atoms with van der Waals surface area (Å²) in [7, 11) is 0. The summed E-state index contributed by atoms with van der Waals surface area (Å²) in [4.78, 5) is 55.2. The van der Waals surface area contributed by atoms with Gasteiger partial charge in [0.1, 0.15) is 22.7 Å². The van der Waals surface area contributed by atoms with Crippen LogP contribution in [-0.4, -0.2) is 76.0 Å². The summed E-state index contributed by atoms with van der Waals surface area (Å²) >= 11 is 0. The zero-order chi connectivity index (χ0) is 31.1. The number of carbonyl (C=O) groups excluding carboxylic acids is 4. The van der Waals surface area contributed by atoms with Gasteiger partial charge in [-0.2, -0.15) is 0 Å². The number of esters is 1. The largest absolute Gasteiger partial charge is 0.508 e. The quantitative estimate of drug-likeness (QED) is 0.362. The molecule has 0 aromatic heterocycles. The van der Waals surface area contributed by atoms with Crippen LogP contribution in [0.25, 0.3) is 0 Å². The van der Waals surface area contributed by atoms with E-state index in [4.69, 9.17) is 9.47 Å². The van der Waals surface area contributed by atoms with Crippen LogP contribution >= 0.6 is 0 Å². The van der Waals surface area contributed by atoms with Crippen LogP contribution in [0.2, 0.25) is 0 Å². The fraction of sp³-hybridized carbons (Fsp3) is 0.697. The third-order valence-corrected chi connectivity index (χ3v) is 7.91. The molecule has 2 amide bonds. The molecule has 0 unspecified atom stereocenters. The molecule has 2 fully saturated rings. The third kappa shape index (κ3) is 11.0. The predicted molar refractivity (Wildman–Crippen MR) is 160 cm³/mol. The molecule has 2 saturated heterocycles. The molecule has 0 bridgehead atoms. The first-order valence-electron chi connectivity index (χ1n) is 15.4. The van der Waals surface area contributed by atoms with E-state index in [2.05, 4.69) is 0 Å². The minimum atomic E-state index is -0.625. The number of benzene rings is 1. The van der Waals surface area contributed by atoms with Gasteiger partial charge in [-0.15, -0.1) is 0 Å². The van der Waals surface area contributed by atoms with Crippen LogP contribution in [0.15, 0.2) is 24.3 Å². The molecule has 1 aromatic rings. The number of phenols is 1. The molecule has 9 heteroatoms. The van der Waals surface area contributed by atoms with E-state index in [-0.39, 0.29) is 54.2 Å². The number of piperidine rings is 2. The second kappa shape index (κ2) is 14.4. The lowest BCUT2D eigenvalue weighted by atomic mass is 9.84. The van der Waals surface area contributed by atoms with Crippen molar-refractivity contribution in [3.63, 3.8) is 0 Å². The number of amides is 2. The summed E-state index contributed by atoms with van der Waals surface area (Å²) in [6, 6.07) is 6.60. The molecule has 2 heterocycles. The SMILES string of the molecule is CC(C)(C)OC(=O)C[C@H](CC(=O)[C@@H]1CCCN(C(=O)CCC2CCN(C(=O)OC(C)(C)C)CC2)C1)c1ccc(O)cc1. The third-order valence-electron chi connectivity index (χ3n) is 7.91. The van der Waals surface area contributed by atoms with E-state index >= 15 is 0 Å². The smallest absolute Gasteiger partial charge is 0.410 e. The minimum Gasteiger partial charge on any atom is -0.508 e. The lowest BCUT2D eigenvalue weighted by Gasteiger charge is -2.35. The van der Waals surface area contributed by atoms with Crippen LogP contribution in [-0.2, 0) is 23.9 Å². The number of aromatic hydroxyl groups is 1. The van der Waals surface area contributed by atoms with Crippen molar-refractivity contribution in [3.05, 3.63) is 29.8 Å². The number of hydrogen-bond acceptors (Lipinski definition) is 7. The summed E-state index contributed by atoms with van der Waals surface area (Å²) in [6.45, 7) is 13.4. The Labute approximate surface area is 250 Å². The number of rotatable bonds is 9. The highest BCUT2D eigenvalue weighted by atomic mass is 16.6. The van der Waals surface area contributed by atoms with Gasteiger partial charge in [0.15, 0.2) is 0 Å². The van der Waals surface area contributed by atoms with Gasteiger partial charge in [-0.05, 0) is 97.3 Å². The van der Waals surface area contributed by atoms with Crippen molar-refractivity contribution >= 4 is 23.8 Å². The zero-order valence-electron chi connectivity index (χ0n) is 26.3. The number of likely N-dealkylation sites (tertiary alicyclic amines) is 2. The van der Waals surface area contributed by atoms with Gasteiger partial charge in [-0.1, -0.05) is 12.1 Å². The van der Waals surface area contributed by atoms with Crippen molar-refractivity contribution in [2.45, 2.75) is 110 Å². The Morgan fingerprint density at radius 3 is 2.07 bits per heavy atom. The van der Waals surface area contributed by atoms with Crippen molar-refractivity contribution < 1.29 is 33.8 Å². The van der Waals surface area contributed by atoms with E-state index in [9.17, 15) is 24.3 Å². The van der Waals surface area contributed by atoms with Crippen LogP contribution in [0.4, 0.5) is 4.79 Å². The molecule has 1 aromatic carbocycles. The highest BCUT2D eigenvalue weighted by Gasteiger charge is 2.32. The van der Waals surface area contributed by atoms with E-state index in [0.717, 1.165) is 37.7 Å². The van der Waals surface area contributed by atoms with Crippen LogP contribution in [0.5, 0.6) is 5.75 Å². The standard InChI is InChI=1S/C33H50N2O7/c1-32(2,3)41-30(39)21-26(24-10-12-27(36)13-11-24)20-28(37)25-8-7-17-35(22-25)29(38)14-9-23-15-18-34(19-16-23)31(40)42-33(4,5)6/h10-13,23,25-26,36H,7-9,14-22H2,1-6H3/t25-,26+/m1/s1. The first-order valence-corrected chi connectivity index (χ1v) is 15.4. The average Bonchev–Trinajstić information content (AvgIpc) is 2.90. The van der Waals surface area contributed by atoms with Gasteiger partial charge in [0.2, 0.25) is 5.91 Å². The minimum absolute atomic E-state index is 0.0450. The Morgan fingerprint density at radius 1 is 0.857 bits per heavy atom. The van der Waals surface area contributed by atoms with E-state index in [0.29, 0.717) is 38.5 Å². The number of hydrogen-bond donors (Lipinski definition) is 1. The molecule has 9 nitrogen and oxygen atoms in total. The Bertz CT molecular complexity index is 1080. The maximum atomic E-state index is 13.5. The number of ketones is 1. The average molecular weight is 587 g/mol. The monoisotopic (exact) mass is 586 g/mol. The number of ether oxygens (including phenoxy) is 2. The summed E-state index contributed by atoms with van der Waals surface area (Å²) in [5, 5.41) is 9.72. The molecular formula is C33H50N2O7. The van der Waals surface area contributed by atoms with Gasteiger partial charge in [0, 0.05) is 50.9 Å². The second-order valence-electron chi connectivity index (χ2n) is 13.9. The van der Waals surface area contributed by atoms with Gasteiger partial charge < -0.3 is 24.4 Å². The fourth-order valence-corrected chi connectivity index (χ4v) is 5.73. The molecule has 0 spiro atoms. The molecule has 0 saturated carbocycles. The van der Waals surface area contributed by atoms with E-state index in [1.54, 1.807) is 29.2 Å². The lowest BCUT2D eigenvalue weighted by molar-refractivity contribution is -0.155. The van der Waals surface area contributed by atoms with Crippen molar-refractivity contribution in [1.29, 1.82) is 0 Å². The summed E-state index contributed by atoms with van der Waals surface area (Å²) in [5.41, 5.74) is -0.341. The molecule has 1 N–H and O–H groups in total. The molecule has 0 aliphatic carbocycles. The summed E-state index contributed by atoms with van der Waals surface area (Å²) in [6.07, 6.45) is 4.37. The molecular weight excluding hydrogens is 536 g/mol. The molecule has 234 valence electrons. The zero-order valence-corrected chi connectivity index (χ0v) is 26.3. The number of phenolic OH excluding ortho intramolecular Hbond substituents is 1. The normalized spacial score (nSPS) is 19.2. The Morgan fingerprint density at radius 2 is 1.48 bits per heavy atom.